The molecule has 0 unspecified atom stereocenters. The number of carboxylic acid groups (broad SMARTS) is 1. The maximum Gasteiger partial charge on any atom is 0.354 e. The summed E-state index contributed by atoms with van der Waals surface area (Å²) in [5.41, 5.74) is 0.397. The molecule has 20 heavy (non-hydrogen) atoms. The molecule has 2 heterocycles. The van der Waals surface area contributed by atoms with E-state index in [2.05, 4.69) is 16.8 Å². The Morgan fingerprint density at radius 1 is 1.25 bits per heavy atom. The maximum atomic E-state index is 12.3. The van der Waals surface area contributed by atoms with Gasteiger partial charge in [0.2, 0.25) is 0 Å². The molecule has 1 saturated heterocycles. The predicted octanol–water partition coefficient (Wildman–Crippen LogP) is 0.948. The van der Waals surface area contributed by atoms with E-state index in [4.69, 9.17) is 5.11 Å². The average molecular weight is 277 g/mol. The van der Waals surface area contributed by atoms with Crippen LogP contribution in [-0.4, -0.2) is 64.5 Å². The normalized spacial score (nSPS) is 16.1. The summed E-state index contributed by atoms with van der Waals surface area (Å²) in [5.74, 6) is -1.16. The van der Waals surface area contributed by atoms with Gasteiger partial charge in [-0.25, -0.2) is 9.78 Å². The Kier molecular flexibility index (Phi) is 4.68. The van der Waals surface area contributed by atoms with Crippen LogP contribution in [0.4, 0.5) is 0 Å². The molecule has 0 bridgehead atoms. The number of pyridine rings is 1. The van der Waals surface area contributed by atoms with Crippen LogP contribution in [-0.2, 0) is 0 Å². The number of amides is 1. The molecule has 1 aromatic rings. The Balaban J connectivity index is 1.96. The van der Waals surface area contributed by atoms with Crippen molar-refractivity contribution in [3.63, 3.8) is 0 Å². The number of piperazine rings is 1. The zero-order valence-corrected chi connectivity index (χ0v) is 11.6. The van der Waals surface area contributed by atoms with Crippen LogP contribution >= 0.6 is 0 Å². The number of carboxylic acids is 1. The van der Waals surface area contributed by atoms with Crippen LogP contribution < -0.4 is 0 Å². The molecule has 1 fully saturated rings. The first kappa shape index (κ1) is 14.5. The minimum absolute atomic E-state index is 0.0469. The number of aromatic carboxylic acids is 1. The Bertz CT molecular complexity index is 479. The van der Waals surface area contributed by atoms with Crippen molar-refractivity contribution in [2.24, 2.45) is 0 Å². The van der Waals surface area contributed by atoms with E-state index in [1.165, 1.54) is 18.3 Å². The number of hydrogen-bond acceptors (Lipinski definition) is 4. The molecule has 0 saturated carbocycles. The molecule has 1 N–H and O–H groups in total. The summed E-state index contributed by atoms with van der Waals surface area (Å²) < 4.78 is 0. The number of aromatic nitrogens is 1. The third-order valence-electron chi connectivity index (χ3n) is 3.43. The van der Waals surface area contributed by atoms with Gasteiger partial charge in [-0.05, 0) is 25.1 Å². The van der Waals surface area contributed by atoms with Gasteiger partial charge in [0.15, 0.2) is 0 Å². The van der Waals surface area contributed by atoms with Crippen LogP contribution in [0.5, 0.6) is 0 Å². The van der Waals surface area contributed by atoms with E-state index in [-0.39, 0.29) is 11.6 Å². The van der Waals surface area contributed by atoms with Gasteiger partial charge in [0, 0.05) is 32.4 Å². The topological polar surface area (TPSA) is 73.7 Å². The third kappa shape index (κ3) is 3.33. The van der Waals surface area contributed by atoms with Crippen LogP contribution in [0.1, 0.15) is 34.2 Å². The fourth-order valence-electron chi connectivity index (χ4n) is 2.32. The van der Waals surface area contributed by atoms with E-state index in [1.807, 2.05) is 0 Å². The van der Waals surface area contributed by atoms with Crippen LogP contribution in [0.15, 0.2) is 18.3 Å². The number of nitrogens with zero attached hydrogens (tertiary/aromatic N) is 3. The minimum Gasteiger partial charge on any atom is -0.477 e. The van der Waals surface area contributed by atoms with Crippen LogP contribution in [0, 0.1) is 0 Å². The standard InChI is InChI=1S/C14H19N3O3/c1-2-5-16-6-8-17(9-7-16)13(18)11-3-4-12(14(19)20)15-10-11/h3-4,10H,2,5-9H2,1H3,(H,19,20). The van der Waals surface area contributed by atoms with Crippen molar-refractivity contribution in [3.05, 3.63) is 29.6 Å². The molecule has 6 heteroatoms. The summed E-state index contributed by atoms with van der Waals surface area (Å²) in [6.07, 6.45) is 2.46. The number of carbonyl (C=O) groups excluding carboxylic acids is 1. The van der Waals surface area contributed by atoms with Gasteiger partial charge in [-0.3, -0.25) is 9.69 Å². The summed E-state index contributed by atoms with van der Waals surface area (Å²) in [6, 6.07) is 2.89. The van der Waals surface area contributed by atoms with E-state index in [1.54, 1.807) is 4.90 Å². The third-order valence-corrected chi connectivity index (χ3v) is 3.43. The molecule has 1 aromatic heterocycles. The van der Waals surface area contributed by atoms with E-state index in [0.717, 1.165) is 26.1 Å². The molecule has 0 aromatic carbocycles. The van der Waals surface area contributed by atoms with Crippen molar-refractivity contribution < 1.29 is 14.7 Å². The van der Waals surface area contributed by atoms with Crippen molar-refractivity contribution in [1.82, 2.24) is 14.8 Å². The van der Waals surface area contributed by atoms with Crippen molar-refractivity contribution in [2.75, 3.05) is 32.7 Å². The van der Waals surface area contributed by atoms with Crippen molar-refractivity contribution >= 4 is 11.9 Å². The second-order valence-corrected chi connectivity index (χ2v) is 4.87. The van der Waals surface area contributed by atoms with Crippen molar-refractivity contribution in [3.8, 4) is 0 Å². The molecule has 0 atom stereocenters. The highest BCUT2D eigenvalue weighted by Gasteiger charge is 2.22. The minimum atomic E-state index is -1.09. The van der Waals surface area contributed by atoms with Crippen molar-refractivity contribution in [2.45, 2.75) is 13.3 Å². The molecule has 0 aliphatic carbocycles. The first-order valence-corrected chi connectivity index (χ1v) is 6.82. The Hall–Kier alpha value is -1.95. The maximum absolute atomic E-state index is 12.3. The largest absolute Gasteiger partial charge is 0.477 e. The second kappa shape index (κ2) is 6.47. The molecular formula is C14H19N3O3. The molecule has 1 aliphatic rings. The highest BCUT2D eigenvalue weighted by molar-refractivity contribution is 5.95. The van der Waals surface area contributed by atoms with Gasteiger partial charge < -0.3 is 10.0 Å². The fourth-order valence-corrected chi connectivity index (χ4v) is 2.32. The average Bonchev–Trinajstić information content (AvgIpc) is 2.48. The molecule has 6 nitrogen and oxygen atoms in total. The number of rotatable bonds is 4. The lowest BCUT2D eigenvalue weighted by molar-refractivity contribution is 0.0633. The zero-order chi connectivity index (χ0) is 14.5. The van der Waals surface area contributed by atoms with E-state index < -0.39 is 5.97 Å². The second-order valence-electron chi connectivity index (χ2n) is 4.87. The summed E-state index contributed by atoms with van der Waals surface area (Å²) >= 11 is 0. The summed E-state index contributed by atoms with van der Waals surface area (Å²) in [4.78, 5) is 30.9. The van der Waals surface area contributed by atoms with Crippen LogP contribution in [0.25, 0.3) is 0 Å². The quantitative estimate of drug-likeness (QED) is 0.887. The Labute approximate surface area is 118 Å². The summed E-state index contributed by atoms with van der Waals surface area (Å²) in [6.45, 7) is 6.41. The number of hydrogen-bond donors (Lipinski definition) is 1. The van der Waals surface area contributed by atoms with Gasteiger partial charge in [0.1, 0.15) is 5.69 Å². The fraction of sp³-hybridized carbons (Fsp3) is 0.500. The smallest absolute Gasteiger partial charge is 0.354 e. The monoisotopic (exact) mass is 277 g/mol. The van der Waals surface area contributed by atoms with E-state index >= 15 is 0 Å². The highest BCUT2D eigenvalue weighted by atomic mass is 16.4. The lowest BCUT2D eigenvalue weighted by Gasteiger charge is -2.34. The lowest BCUT2D eigenvalue weighted by atomic mass is 10.2. The Morgan fingerprint density at radius 2 is 1.95 bits per heavy atom. The molecule has 1 aliphatic heterocycles. The van der Waals surface area contributed by atoms with Gasteiger partial charge in [-0.1, -0.05) is 6.92 Å². The van der Waals surface area contributed by atoms with Crippen LogP contribution in [0.2, 0.25) is 0 Å². The van der Waals surface area contributed by atoms with Crippen LogP contribution in [0.3, 0.4) is 0 Å². The van der Waals surface area contributed by atoms with Crippen molar-refractivity contribution in [1.29, 1.82) is 0 Å². The van der Waals surface area contributed by atoms with E-state index in [9.17, 15) is 9.59 Å². The molecule has 108 valence electrons. The zero-order valence-electron chi connectivity index (χ0n) is 11.6. The first-order chi connectivity index (χ1) is 9.61. The molecule has 1 amide bonds. The Morgan fingerprint density at radius 3 is 2.45 bits per heavy atom. The van der Waals surface area contributed by atoms with Gasteiger partial charge in [0.05, 0.1) is 5.56 Å². The summed E-state index contributed by atoms with van der Waals surface area (Å²) in [5, 5.41) is 8.78. The van der Waals surface area contributed by atoms with E-state index in [0.29, 0.717) is 18.7 Å². The lowest BCUT2D eigenvalue weighted by Crippen LogP contribution is -2.48. The van der Waals surface area contributed by atoms with Gasteiger partial charge in [0.25, 0.3) is 5.91 Å². The molecule has 2 rings (SSSR count). The molecule has 0 radical (unpaired) electrons. The van der Waals surface area contributed by atoms with Gasteiger partial charge >= 0.3 is 5.97 Å². The summed E-state index contributed by atoms with van der Waals surface area (Å²) in [7, 11) is 0. The number of carbonyl (C=O) groups is 2. The van der Waals surface area contributed by atoms with Gasteiger partial charge in [-0.15, -0.1) is 0 Å². The first-order valence-electron chi connectivity index (χ1n) is 6.82. The molecule has 0 spiro atoms. The van der Waals surface area contributed by atoms with Gasteiger partial charge in [-0.2, -0.15) is 0 Å². The highest BCUT2D eigenvalue weighted by Crippen LogP contribution is 2.09. The SMILES string of the molecule is CCCN1CCN(C(=O)c2ccc(C(=O)O)nc2)CC1. The molecular weight excluding hydrogens is 258 g/mol. The predicted molar refractivity (Wildman–Crippen MR) is 73.8 cm³/mol.